The number of hydrogen-bond acceptors (Lipinski definition) is 4. The summed E-state index contributed by atoms with van der Waals surface area (Å²) in [6.07, 6.45) is 2.15. The second kappa shape index (κ2) is 3.61. The molecule has 0 saturated carbocycles. The third-order valence-corrected chi connectivity index (χ3v) is 3.23. The number of carbonyl (C=O) groups is 1. The quantitative estimate of drug-likeness (QED) is 0.689. The number of nitrogens with zero attached hydrogens (tertiary/aromatic N) is 1. The lowest BCUT2D eigenvalue weighted by atomic mass is 10.3. The van der Waals surface area contributed by atoms with Crippen LogP contribution in [0.5, 0.6) is 0 Å². The summed E-state index contributed by atoms with van der Waals surface area (Å²) in [5, 5.41) is 2.83. The molecule has 0 saturated heterocycles. The fourth-order valence-corrected chi connectivity index (χ4v) is 2.07. The standard InChI is InChI=1S/C8H14N2O3S/c1-4-10-6(2)9-5-7(8(10)11)14(3,12)13/h5-6,9H,4H2,1-3H3. The van der Waals surface area contributed by atoms with Crippen LogP contribution in [-0.2, 0) is 14.6 Å². The molecule has 1 unspecified atom stereocenters. The maximum atomic E-state index is 11.7. The minimum Gasteiger partial charge on any atom is -0.370 e. The van der Waals surface area contributed by atoms with Gasteiger partial charge in [-0.3, -0.25) is 4.79 Å². The Balaban J connectivity index is 3.08. The van der Waals surface area contributed by atoms with Gasteiger partial charge < -0.3 is 10.2 Å². The highest BCUT2D eigenvalue weighted by atomic mass is 32.2. The normalized spacial score (nSPS) is 23.1. The van der Waals surface area contributed by atoms with Crippen LogP contribution < -0.4 is 5.32 Å². The van der Waals surface area contributed by atoms with E-state index in [9.17, 15) is 13.2 Å². The molecule has 1 aliphatic heterocycles. The van der Waals surface area contributed by atoms with Gasteiger partial charge in [-0.1, -0.05) is 0 Å². The van der Waals surface area contributed by atoms with Crippen molar-refractivity contribution >= 4 is 15.7 Å². The number of rotatable bonds is 2. The van der Waals surface area contributed by atoms with Crippen LogP contribution in [0.2, 0.25) is 0 Å². The fourth-order valence-electron chi connectivity index (χ4n) is 1.35. The molecular weight excluding hydrogens is 204 g/mol. The largest absolute Gasteiger partial charge is 0.370 e. The maximum Gasteiger partial charge on any atom is 0.268 e. The van der Waals surface area contributed by atoms with E-state index in [-0.39, 0.29) is 11.1 Å². The van der Waals surface area contributed by atoms with Crippen molar-refractivity contribution in [3.8, 4) is 0 Å². The second-order valence-electron chi connectivity index (χ2n) is 3.21. The number of carbonyl (C=O) groups excluding carboxylic acids is 1. The van der Waals surface area contributed by atoms with Gasteiger partial charge in [0.25, 0.3) is 5.91 Å². The van der Waals surface area contributed by atoms with E-state index < -0.39 is 15.7 Å². The van der Waals surface area contributed by atoms with Gasteiger partial charge in [-0.15, -0.1) is 0 Å². The van der Waals surface area contributed by atoms with Crippen molar-refractivity contribution in [2.24, 2.45) is 0 Å². The Labute approximate surface area is 83.7 Å². The highest BCUT2D eigenvalue weighted by Crippen LogP contribution is 2.14. The third kappa shape index (κ3) is 1.89. The lowest BCUT2D eigenvalue weighted by Crippen LogP contribution is -2.50. The fraction of sp³-hybridized carbons (Fsp3) is 0.625. The molecule has 1 rings (SSSR count). The minimum atomic E-state index is -3.43. The number of likely N-dealkylation sites (N-methyl/N-ethyl adjacent to an activating group) is 1. The second-order valence-corrected chi connectivity index (χ2v) is 5.20. The predicted molar refractivity (Wildman–Crippen MR) is 52.9 cm³/mol. The van der Waals surface area contributed by atoms with Gasteiger partial charge in [-0.2, -0.15) is 0 Å². The molecule has 0 aromatic carbocycles. The molecule has 1 N–H and O–H groups in total. The summed E-state index contributed by atoms with van der Waals surface area (Å²) in [5.41, 5.74) is 0. The van der Waals surface area contributed by atoms with Crippen molar-refractivity contribution in [2.45, 2.75) is 20.0 Å². The summed E-state index contributed by atoms with van der Waals surface area (Å²) in [4.78, 5) is 13.0. The molecule has 0 radical (unpaired) electrons. The monoisotopic (exact) mass is 218 g/mol. The molecule has 14 heavy (non-hydrogen) atoms. The molecule has 6 heteroatoms. The van der Waals surface area contributed by atoms with E-state index >= 15 is 0 Å². The van der Waals surface area contributed by atoms with Crippen LogP contribution in [0, 0.1) is 0 Å². The van der Waals surface area contributed by atoms with Crippen LogP contribution >= 0.6 is 0 Å². The summed E-state index contributed by atoms with van der Waals surface area (Å²) in [6, 6.07) is 0. The summed E-state index contributed by atoms with van der Waals surface area (Å²) >= 11 is 0. The van der Waals surface area contributed by atoms with Crippen LogP contribution in [-0.4, -0.2) is 38.2 Å². The van der Waals surface area contributed by atoms with Crippen molar-refractivity contribution < 1.29 is 13.2 Å². The van der Waals surface area contributed by atoms with Crippen molar-refractivity contribution in [3.05, 3.63) is 11.1 Å². The molecule has 1 aliphatic rings. The molecule has 0 fully saturated rings. The topological polar surface area (TPSA) is 66.5 Å². The van der Waals surface area contributed by atoms with Gasteiger partial charge in [0.15, 0.2) is 9.84 Å². The lowest BCUT2D eigenvalue weighted by molar-refractivity contribution is -0.129. The number of nitrogens with one attached hydrogen (secondary N) is 1. The summed E-state index contributed by atoms with van der Waals surface area (Å²) in [7, 11) is -3.43. The zero-order valence-electron chi connectivity index (χ0n) is 8.44. The molecule has 0 aromatic rings. The van der Waals surface area contributed by atoms with Crippen molar-refractivity contribution in [1.82, 2.24) is 10.2 Å². The van der Waals surface area contributed by atoms with E-state index in [2.05, 4.69) is 5.32 Å². The van der Waals surface area contributed by atoms with Gasteiger partial charge in [0.05, 0.1) is 6.17 Å². The summed E-state index contributed by atoms with van der Waals surface area (Å²) in [5.74, 6) is -0.429. The van der Waals surface area contributed by atoms with Gasteiger partial charge in [0, 0.05) is 19.0 Å². The first kappa shape index (κ1) is 11.0. The van der Waals surface area contributed by atoms with E-state index in [1.807, 2.05) is 0 Å². The van der Waals surface area contributed by atoms with Crippen LogP contribution in [0.1, 0.15) is 13.8 Å². The number of sulfone groups is 1. The Morgan fingerprint density at radius 2 is 2.14 bits per heavy atom. The van der Waals surface area contributed by atoms with E-state index in [0.717, 1.165) is 6.26 Å². The first-order chi connectivity index (χ1) is 6.38. The Kier molecular flexibility index (Phi) is 2.84. The maximum absolute atomic E-state index is 11.7. The lowest BCUT2D eigenvalue weighted by Gasteiger charge is -2.32. The molecule has 1 atom stereocenters. The average Bonchev–Trinajstić information content (AvgIpc) is 2.02. The summed E-state index contributed by atoms with van der Waals surface area (Å²) in [6.45, 7) is 4.10. The SMILES string of the molecule is CCN1C(=O)C(S(C)(=O)=O)=CNC1C. The molecule has 0 bridgehead atoms. The number of hydrogen-bond donors (Lipinski definition) is 1. The molecule has 1 amide bonds. The molecule has 0 aromatic heterocycles. The molecule has 1 heterocycles. The Hall–Kier alpha value is -1.04. The van der Waals surface area contributed by atoms with Crippen molar-refractivity contribution in [1.29, 1.82) is 0 Å². The van der Waals surface area contributed by atoms with Crippen LogP contribution in [0.15, 0.2) is 11.1 Å². The van der Waals surface area contributed by atoms with Gasteiger partial charge in [0.1, 0.15) is 4.91 Å². The molecular formula is C8H14N2O3S. The van der Waals surface area contributed by atoms with E-state index in [1.165, 1.54) is 11.1 Å². The molecule has 80 valence electrons. The molecule has 0 spiro atoms. The highest BCUT2D eigenvalue weighted by molar-refractivity contribution is 7.95. The zero-order chi connectivity index (χ0) is 10.9. The summed E-state index contributed by atoms with van der Waals surface area (Å²) < 4.78 is 22.4. The smallest absolute Gasteiger partial charge is 0.268 e. The highest BCUT2D eigenvalue weighted by Gasteiger charge is 2.31. The molecule has 5 nitrogen and oxygen atoms in total. The molecule has 0 aliphatic carbocycles. The van der Waals surface area contributed by atoms with E-state index in [1.54, 1.807) is 13.8 Å². The van der Waals surface area contributed by atoms with E-state index in [0.29, 0.717) is 6.54 Å². The van der Waals surface area contributed by atoms with Gasteiger partial charge in [-0.25, -0.2) is 8.42 Å². The van der Waals surface area contributed by atoms with Gasteiger partial charge in [0.2, 0.25) is 0 Å². The Morgan fingerprint density at radius 1 is 1.57 bits per heavy atom. The van der Waals surface area contributed by atoms with Gasteiger partial charge >= 0.3 is 0 Å². The van der Waals surface area contributed by atoms with Gasteiger partial charge in [-0.05, 0) is 13.8 Å². The first-order valence-corrected chi connectivity index (χ1v) is 6.24. The van der Waals surface area contributed by atoms with Crippen molar-refractivity contribution in [3.63, 3.8) is 0 Å². The Bertz CT molecular complexity index is 372. The average molecular weight is 218 g/mol. The zero-order valence-corrected chi connectivity index (χ0v) is 9.26. The third-order valence-electron chi connectivity index (χ3n) is 2.13. The minimum absolute atomic E-state index is 0.155. The van der Waals surface area contributed by atoms with E-state index in [4.69, 9.17) is 0 Å². The Morgan fingerprint density at radius 3 is 2.57 bits per heavy atom. The van der Waals surface area contributed by atoms with Crippen LogP contribution in [0.4, 0.5) is 0 Å². The number of amides is 1. The van der Waals surface area contributed by atoms with Crippen LogP contribution in [0.25, 0.3) is 0 Å². The predicted octanol–water partition coefficient (Wildman–Crippen LogP) is -0.330. The van der Waals surface area contributed by atoms with Crippen molar-refractivity contribution in [2.75, 3.05) is 12.8 Å². The first-order valence-electron chi connectivity index (χ1n) is 4.35. The van der Waals surface area contributed by atoms with Crippen LogP contribution in [0.3, 0.4) is 0 Å².